The summed E-state index contributed by atoms with van der Waals surface area (Å²) >= 11 is 9.27. The van der Waals surface area contributed by atoms with Gasteiger partial charge in [0.1, 0.15) is 0 Å². The Morgan fingerprint density at radius 3 is 2.62 bits per heavy atom. The van der Waals surface area contributed by atoms with Crippen LogP contribution in [-0.2, 0) is 0 Å². The summed E-state index contributed by atoms with van der Waals surface area (Å²) in [4.78, 5) is 0.942. The van der Waals surface area contributed by atoms with E-state index in [1.54, 1.807) is 11.3 Å². The molecule has 3 aromatic rings. The van der Waals surface area contributed by atoms with Crippen molar-refractivity contribution in [3.8, 4) is 9.88 Å². The van der Waals surface area contributed by atoms with Crippen molar-refractivity contribution in [3.05, 3.63) is 29.3 Å². The van der Waals surface area contributed by atoms with Crippen molar-refractivity contribution in [1.29, 1.82) is 0 Å². The van der Waals surface area contributed by atoms with E-state index >= 15 is 0 Å². The number of aromatic nitrogens is 2. The van der Waals surface area contributed by atoms with E-state index < -0.39 is 0 Å². The summed E-state index contributed by atoms with van der Waals surface area (Å²) < 4.78 is 1.15. The molecule has 80 valence electrons. The van der Waals surface area contributed by atoms with Crippen molar-refractivity contribution < 1.29 is 0 Å². The van der Waals surface area contributed by atoms with Crippen LogP contribution in [0.5, 0.6) is 0 Å². The van der Waals surface area contributed by atoms with Crippen LogP contribution >= 0.6 is 34.3 Å². The van der Waals surface area contributed by atoms with Gasteiger partial charge in [-0.05, 0) is 6.07 Å². The number of fused-ring (bicyclic) bond motifs is 1. The summed E-state index contributed by atoms with van der Waals surface area (Å²) in [7, 11) is 0. The van der Waals surface area contributed by atoms with Gasteiger partial charge in [-0.2, -0.15) is 0 Å². The van der Waals surface area contributed by atoms with Crippen LogP contribution in [0.2, 0.25) is 5.02 Å². The first-order chi connectivity index (χ1) is 7.75. The van der Waals surface area contributed by atoms with Gasteiger partial charge in [0.05, 0.1) is 9.90 Å². The molecule has 0 atom stereocenters. The van der Waals surface area contributed by atoms with E-state index in [0.29, 0.717) is 5.13 Å². The van der Waals surface area contributed by atoms with Gasteiger partial charge in [0, 0.05) is 10.1 Å². The highest BCUT2D eigenvalue weighted by atomic mass is 35.5. The highest BCUT2D eigenvalue weighted by Gasteiger charge is 2.14. The number of halogens is 1. The van der Waals surface area contributed by atoms with E-state index in [0.717, 1.165) is 25.0 Å². The van der Waals surface area contributed by atoms with Crippen LogP contribution in [0, 0.1) is 0 Å². The molecule has 0 saturated heterocycles. The molecule has 0 aliphatic rings. The van der Waals surface area contributed by atoms with Gasteiger partial charge in [0.2, 0.25) is 5.13 Å². The molecule has 1 aromatic carbocycles. The molecule has 6 heteroatoms. The molecule has 2 heterocycles. The molecule has 16 heavy (non-hydrogen) atoms. The van der Waals surface area contributed by atoms with Gasteiger partial charge in [0.25, 0.3) is 0 Å². The molecule has 0 saturated carbocycles. The fraction of sp³-hybridized carbons (Fsp3) is 0. The van der Waals surface area contributed by atoms with Gasteiger partial charge in [-0.3, -0.25) is 0 Å². The van der Waals surface area contributed by atoms with Gasteiger partial charge in [-0.1, -0.05) is 41.1 Å². The Balaban J connectivity index is 2.28. The molecule has 0 radical (unpaired) electrons. The number of anilines is 1. The molecule has 0 unspecified atom stereocenters. The predicted octanol–water partition coefficient (Wildman–Crippen LogP) is 3.66. The summed E-state index contributed by atoms with van der Waals surface area (Å²) in [5, 5.41) is 10.8. The Bertz CT molecular complexity index is 659. The number of hydrogen-bond donors (Lipinski definition) is 1. The number of nitrogens with two attached hydrogens (primary N) is 1. The maximum Gasteiger partial charge on any atom is 0.203 e. The molecule has 2 N–H and O–H groups in total. The fourth-order valence-corrected chi connectivity index (χ4v) is 3.74. The molecular weight excluding hydrogens is 262 g/mol. The molecule has 0 bridgehead atoms. The zero-order valence-corrected chi connectivity index (χ0v) is 10.4. The number of thiophene rings is 1. The van der Waals surface area contributed by atoms with E-state index in [1.807, 2.05) is 24.3 Å². The van der Waals surface area contributed by atoms with E-state index in [1.165, 1.54) is 11.3 Å². The number of nitrogen functional groups attached to an aromatic ring is 1. The van der Waals surface area contributed by atoms with E-state index in [-0.39, 0.29) is 0 Å². The van der Waals surface area contributed by atoms with Crippen molar-refractivity contribution in [2.24, 2.45) is 0 Å². The Hall–Kier alpha value is -1.17. The van der Waals surface area contributed by atoms with E-state index in [2.05, 4.69) is 10.2 Å². The lowest BCUT2D eigenvalue weighted by Gasteiger charge is -1.89. The van der Waals surface area contributed by atoms with Crippen LogP contribution in [0.25, 0.3) is 20.0 Å². The SMILES string of the molecule is Nc1nnc(-c2sc3ccccc3c2Cl)s1. The van der Waals surface area contributed by atoms with Crippen molar-refractivity contribution in [3.63, 3.8) is 0 Å². The fourth-order valence-electron chi connectivity index (χ4n) is 1.48. The van der Waals surface area contributed by atoms with Crippen LogP contribution in [0.3, 0.4) is 0 Å². The van der Waals surface area contributed by atoms with E-state index in [9.17, 15) is 0 Å². The van der Waals surface area contributed by atoms with Crippen LogP contribution < -0.4 is 5.73 Å². The molecule has 0 aliphatic heterocycles. The Morgan fingerprint density at radius 2 is 1.94 bits per heavy atom. The molecule has 3 rings (SSSR count). The maximum absolute atomic E-state index is 6.31. The number of hydrogen-bond acceptors (Lipinski definition) is 5. The lowest BCUT2D eigenvalue weighted by atomic mass is 10.2. The molecule has 2 aromatic heterocycles. The maximum atomic E-state index is 6.31. The summed E-state index contributed by atoms with van der Waals surface area (Å²) in [5.74, 6) is 0. The minimum absolute atomic E-state index is 0.462. The lowest BCUT2D eigenvalue weighted by Crippen LogP contribution is -1.79. The third-order valence-electron chi connectivity index (χ3n) is 2.17. The lowest BCUT2D eigenvalue weighted by molar-refractivity contribution is 1.11. The first-order valence-corrected chi connectivity index (χ1v) is 6.53. The minimum Gasteiger partial charge on any atom is -0.374 e. The molecule has 3 nitrogen and oxygen atoms in total. The third-order valence-corrected chi connectivity index (χ3v) is 4.75. The average molecular weight is 268 g/mol. The Morgan fingerprint density at radius 1 is 1.12 bits per heavy atom. The van der Waals surface area contributed by atoms with E-state index in [4.69, 9.17) is 17.3 Å². The van der Waals surface area contributed by atoms with Crippen molar-refractivity contribution in [2.45, 2.75) is 0 Å². The smallest absolute Gasteiger partial charge is 0.203 e. The van der Waals surface area contributed by atoms with Crippen molar-refractivity contribution in [2.75, 3.05) is 5.73 Å². The average Bonchev–Trinajstić information content (AvgIpc) is 2.84. The highest BCUT2D eigenvalue weighted by molar-refractivity contribution is 7.27. The normalized spacial score (nSPS) is 11.1. The first-order valence-electron chi connectivity index (χ1n) is 4.52. The Kier molecular flexibility index (Phi) is 2.31. The van der Waals surface area contributed by atoms with Crippen molar-refractivity contribution in [1.82, 2.24) is 10.2 Å². The zero-order valence-electron chi connectivity index (χ0n) is 7.98. The minimum atomic E-state index is 0.462. The summed E-state index contributed by atoms with van der Waals surface area (Å²) in [6.07, 6.45) is 0. The molecular formula is C10H6ClN3S2. The summed E-state index contributed by atoms with van der Waals surface area (Å²) in [6, 6.07) is 8.01. The monoisotopic (exact) mass is 267 g/mol. The van der Waals surface area contributed by atoms with Crippen molar-refractivity contribution >= 4 is 49.5 Å². The quantitative estimate of drug-likeness (QED) is 0.732. The zero-order chi connectivity index (χ0) is 11.1. The number of benzene rings is 1. The summed E-state index contributed by atoms with van der Waals surface area (Å²) in [6.45, 7) is 0. The second-order valence-electron chi connectivity index (χ2n) is 3.19. The second kappa shape index (κ2) is 3.69. The first kappa shape index (κ1) is 10.0. The topological polar surface area (TPSA) is 51.8 Å². The van der Waals surface area contributed by atoms with Gasteiger partial charge in [-0.25, -0.2) is 0 Å². The standard InChI is InChI=1S/C10H6ClN3S2/c11-7-5-3-1-2-4-6(5)15-8(7)9-13-14-10(12)16-9/h1-4H,(H2,12,14). The highest BCUT2D eigenvalue weighted by Crippen LogP contribution is 2.42. The van der Waals surface area contributed by atoms with Crippen LogP contribution in [-0.4, -0.2) is 10.2 Å². The Labute approximate surface area is 105 Å². The van der Waals surface area contributed by atoms with Crippen LogP contribution in [0.15, 0.2) is 24.3 Å². The van der Waals surface area contributed by atoms with Gasteiger partial charge in [0.15, 0.2) is 5.01 Å². The third kappa shape index (κ3) is 1.48. The largest absolute Gasteiger partial charge is 0.374 e. The van der Waals surface area contributed by atoms with Gasteiger partial charge in [-0.15, -0.1) is 21.5 Å². The number of rotatable bonds is 1. The number of nitrogens with zero attached hydrogens (tertiary/aromatic N) is 2. The van der Waals surface area contributed by atoms with Gasteiger partial charge >= 0.3 is 0 Å². The summed E-state index contributed by atoms with van der Waals surface area (Å²) in [5.41, 5.74) is 5.57. The predicted molar refractivity (Wildman–Crippen MR) is 70.2 cm³/mol. The van der Waals surface area contributed by atoms with Gasteiger partial charge < -0.3 is 5.73 Å². The van der Waals surface area contributed by atoms with Crippen LogP contribution in [0.4, 0.5) is 5.13 Å². The van der Waals surface area contributed by atoms with Crippen LogP contribution in [0.1, 0.15) is 0 Å². The molecule has 0 spiro atoms. The molecule has 0 fully saturated rings. The molecule has 0 aliphatic carbocycles. The molecule has 0 amide bonds. The second-order valence-corrected chi connectivity index (χ2v) is 5.63.